The summed E-state index contributed by atoms with van der Waals surface area (Å²) in [5, 5.41) is 11.5. The van der Waals surface area contributed by atoms with E-state index in [1.807, 2.05) is 30.3 Å². The van der Waals surface area contributed by atoms with Crippen LogP contribution in [0.4, 0.5) is 14.5 Å². The van der Waals surface area contributed by atoms with Crippen LogP contribution >= 0.6 is 11.3 Å². The van der Waals surface area contributed by atoms with E-state index in [1.54, 1.807) is 25.1 Å². The molecule has 0 bridgehead atoms. The molecule has 0 fully saturated rings. The van der Waals surface area contributed by atoms with Gasteiger partial charge in [-0.25, -0.2) is 13.8 Å². The maximum atomic E-state index is 14.0. The van der Waals surface area contributed by atoms with E-state index in [2.05, 4.69) is 9.97 Å². The second-order valence-electron chi connectivity index (χ2n) is 7.82. The minimum atomic E-state index is -1.17. The zero-order valence-corrected chi connectivity index (χ0v) is 19.1. The summed E-state index contributed by atoms with van der Waals surface area (Å²) in [5.41, 5.74) is 1.32. The lowest BCUT2D eigenvalue weighted by molar-refractivity contribution is -0.117. The van der Waals surface area contributed by atoms with E-state index in [0.717, 1.165) is 33.9 Å². The van der Waals surface area contributed by atoms with Crippen molar-refractivity contribution in [3.8, 4) is 10.6 Å². The van der Waals surface area contributed by atoms with Gasteiger partial charge in [-0.15, -0.1) is 11.3 Å². The van der Waals surface area contributed by atoms with Gasteiger partial charge in [0.05, 0.1) is 21.8 Å². The standard InChI is InChI=1S/C26H17F2N3O3S/c1-14-24(35-25(30-14)15-7-3-2-4-8-15)22(32)20-21(19-9-5-6-12-29-19)31(26(34)23(20)33)16-10-11-17(27)18(28)13-16/h2-13,21,33H,1H3. The molecule has 3 heterocycles. The normalized spacial score (nSPS) is 15.7. The molecule has 0 spiro atoms. The number of amides is 1. The van der Waals surface area contributed by atoms with Crippen molar-refractivity contribution in [2.24, 2.45) is 0 Å². The van der Waals surface area contributed by atoms with Crippen LogP contribution in [0.15, 0.2) is 84.3 Å². The van der Waals surface area contributed by atoms with Crippen molar-refractivity contribution in [1.29, 1.82) is 0 Å². The molecule has 2 aromatic heterocycles. The summed E-state index contributed by atoms with van der Waals surface area (Å²) < 4.78 is 27.6. The van der Waals surface area contributed by atoms with Gasteiger partial charge in [0.15, 0.2) is 17.4 Å². The third-order valence-corrected chi connectivity index (χ3v) is 6.83. The first kappa shape index (κ1) is 22.5. The second-order valence-corrected chi connectivity index (χ2v) is 8.82. The summed E-state index contributed by atoms with van der Waals surface area (Å²) in [4.78, 5) is 37.0. The molecule has 0 saturated carbocycles. The number of Topliss-reactive ketones (excluding diaryl/α,β-unsaturated/α-hetero) is 1. The monoisotopic (exact) mass is 489 g/mol. The van der Waals surface area contributed by atoms with Gasteiger partial charge in [-0.2, -0.15) is 0 Å². The highest BCUT2D eigenvalue weighted by Crippen LogP contribution is 2.42. The average molecular weight is 490 g/mol. The molecule has 2 aromatic carbocycles. The maximum Gasteiger partial charge on any atom is 0.294 e. The van der Waals surface area contributed by atoms with E-state index < -0.39 is 35.1 Å². The van der Waals surface area contributed by atoms with Crippen LogP contribution in [0.1, 0.15) is 27.1 Å². The topological polar surface area (TPSA) is 83.4 Å². The summed E-state index contributed by atoms with van der Waals surface area (Å²) in [7, 11) is 0. The quantitative estimate of drug-likeness (QED) is 0.371. The molecule has 5 rings (SSSR count). The first-order chi connectivity index (χ1) is 16.9. The van der Waals surface area contributed by atoms with Gasteiger partial charge in [-0.3, -0.25) is 19.5 Å². The number of aromatic nitrogens is 2. The third-order valence-electron chi connectivity index (χ3n) is 5.63. The highest BCUT2D eigenvalue weighted by molar-refractivity contribution is 7.17. The fourth-order valence-corrected chi connectivity index (χ4v) is 5.02. The Morgan fingerprint density at radius 1 is 1.03 bits per heavy atom. The molecule has 4 aromatic rings. The number of aliphatic hydroxyl groups excluding tert-OH is 1. The van der Waals surface area contributed by atoms with Crippen molar-refractivity contribution in [3.63, 3.8) is 0 Å². The van der Waals surface area contributed by atoms with Crippen LogP contribution in [0.3, 0.4) is 0 Å². The molecule has 9 heteroatoms. The minimum Gasteiger partial charge on any atom is -0.503 e. The molecule has 1 atom stereocenters. The van der Waals surface area contributed by atoms with Crippen molar-refractivity contribution in [3.05, 3.63) is 112 Å². The van der Waals surface area contributed by atoms with E-state index in [0.29, 0.717) is 10.7 Å². The number of anilines is 1. The smallest absolute Gasteiger partial charge is 0.294 e. The molecule has 6 nitrogen and oxygen atoms in total. The SMILES string of the molecule is Cc1nc(-c2ccccc2)sc1C(=O)C1=C(O)C(=O)N(c2ccc(F)c(F)c2)C1c1ccccn1. The van der Waals surface area contributed by atoms with Crippen molar-refractivity contribution in [1.82, 2.24) is 9.97 Å². The van der Waals surface area contributed by atoms with Gasteiger partial charge in [-0.1, -0.05) is 36.4 Å². The molecule has 1 aliphatic heterocycles. The van der Waals surface area contributed by atoms with Gasteiger partial charge in [0, 0.05) is 23.5 Å². The number of benzene rings is 2. The van der Waals surface area contributed by atoms with Crippen LogP contribution in [-0.4, -0.2) is 26.8 Å². The summed E-state index contributed by atoms with van der Waals surface area (Å²) in [6.45, 7) is 1.67. The Balaban J connectivity index is 1.63. The van der Waals surface area contributed by atoms with E-state index in [-0.39, 0.29) is 21.8 Å². The summed E-state index contributed by atoms with van der Waals surface area (Å²) in [6, 6.07) is 16.0. The molecule has 35 heavy (non-hydrogen) atoms. The largest absolute Gasteiger partial charge is 0.503 e. The number of hydrogen-bond donors (Lipinski definition) is 1. The Morgan fingerprint density at radius 3 is 2.46 bits per heavy atom. The molecule has 0 saturated heterocycles. The van der Waals surface area contributed by atoms with Crippen molar-refractivity contribution >= 4 is 28.7 Å². The average Bonchev–Trinajstić information content (AvgIpc) is 3.39. The van der Waals surface area contributed by atoms with Crippen LogP contribution < -0.4 is 4.90 Å². The van der Waals surface area contributed by atoms with E-state index in [9.17, 15) is 23.5 Å². The number of aliphatic hydroxyl groups is 1. The first-order valence-electron chi connectivity index (χ1n) is 10.6. The van der Waals surface area contributed by atoms with Crippen LogP contribution in [0.25, 0.3) is 10.6 Å². The number of halogens is 2. The van der Waals surface area contributed by atoms with Crippen molar-refractivity contribution < 1.29 is 23.5 Å². The summed E-state index contributed by atoms with van der Waals surface area (Å²) >= 11 is 1.14. The number of thiazole rings is 1. The van der Waals surface area contributed by atoms with Gasteiger partial charge in [0.25, 0.3) is 5.91 Å². The van der Waals surface area contributed by atoms with Crippen LogP contribution in [0.5, 0.6) is 0 Å². The molecule has 1 amide bonds. The molecule has 1 N–H and O–H groups in total. The van der Waals surface area contributed by atoms with Crippen molar-refractivity contribution in [2.75, 3.05) is 4.90 Å². The molecule has 1 unspecified atom stereocenters. The number of nitrogens with zero attached hydrogens (tertiary/aromatic N) is 3. The Labute approximate surface area is 202 Å². The third kappa shape index (κ3) is 3.89. The highest BCUT2D eigenvalue weighted by Gasteiger charge is 2.46. The van der Waals surface area contributed by atoms with E-state index >= 15 is 0 Å². The van der Waals surface area contributed by atoms with Crippen LogP contribution in [-0.2, 0) is 4.79 Å². The second kappa shape index (κ2) is 8.84. The van der Waals surface area contributed by atoms with Crippen LogP contribution in [0.2, 0.25) is 0 Å². The first-order valence-corrected chi connectivity index (χ1v) is 11.4. The van der Waals surface area contributed by atoms with E-state index in [1.165, 1.54) is 12.3 Å². The van der Waals surface area contributed by atoms with Gasteiger partial charge in [-0.05, 0) is 31.2 Å². The molecule has 0 aliphatic carbocycles. The number of pyridine rings is 1. The summed E-state index contributed by atoms with van der Waals surface area (Å²) in [6.07, 6.45) is 1.48. The number of ketones is 1. The lowest BCUT2D eigenvalue weighted by Gasteiger charge is -2.26. The Hall–Kier alpha value is -4.24. The molecular formula is C26H17F2N3O3S. The lowest BCUT2D eigenvalue weighted by atomic mass is 9.98. The molecule has 0 radical (unpaired) electrons. The Morgan fingerprint density at radius 2 is 1.77 bits per heavy atom. The highest BCUT2D eigenvalue weighted by atomic mass is 32.1. The van der Waals surface area contributed by atoms with Gasteiger partial charge in [0.2, 0.25) is 5.78 Å². The minimum absolute atomic E-state index is 0.0232. The zero-order valence-electron chi connectivity index (χ0n) is 18.3. The number of carbonyl (C=O) groups excluding carboxylic acids is 2. The number of hydrogen-bond acceptors (Lipinski definition) is 6. The number of rotatable bonds is 5. The predicted molar refractivity (Wildman–Crippen MR) is 127 cm³/mol. The Bertz CT molecular complexity index is 1490. The fourth-order valence-electron chi connectivity index (χ4n) is 3.99. The van der Waals surface area contributed by atoms with Crippen LogP contribution in [0, 0.1) is 18.6 Å². The number of carbonyl (C=O) groups is 2. The Kier molecular flexibility index (Phi) is 5.70. The van der Waals surface area contributed by atoms with Gasteiger partial charge >= 0.3 is 0 Å². The van der Waals surface area contributed by atoms with Gasteiger partial charge < -0.3 is 5.11 Å². The molecule has 174 valence electrons. The molecular weight excluding hydrogens is 472 g/mol. The fraction of sp³-hybridized carbons (Fsp3) is 0.0769. The van der Waals surface area contributed by atoms with Gasteiger partial charge in [0.1, 0.15) is 11.0 Å². The lowest BCUT2D eigenvalue weighted by Crippen LogP contribution is -2.31. The number of aryl methyl sites for hydroxylation is 1. The summed E-state index contributed by atoms with van der Waals surface area (Å²) in [5.74, 6) is -4.53. The van der Waals surface area contributed by atoms with E-state index in [4.69, 9.17) is 0 Å². The molecule has 1 aliphatic rings. The zero-order chi connectivity index (χ0) is 24.7. The van der Waals surface area contributed by atoms with Crippen molar-refractivity contribution in [2.45, 2.75) is 13.0 Å². The predicted octanol–water partition coefficient (Wildman–Crippen LogP) is 5.57. The maximum absolute atomic E-state index is 14.0.